The molecule has 0 spiro atoms. The van der Waals surface area contributed by atoms with Crippen molar-refractivity contribution in [3.63, 3.8) is 0 Å². The molecule has 2 aromatic rings. The van der Waals surface area contributed by atoms with Gasteiger partial charge in [-0.05, 0) is 35.9 Å². The molecule has 0 saturated carbocycles. The van der Waals surface area contributed by atoms with Crippen molar-refractivity contribution in [2.75, 3.05) is 5.73 Å². The number of nitrogen functional groups attached to an aromatic ring is 1. The summed E-state index contributed by atoms with van der Waals surface area (Å²) < 4.78 is 0. The van der Waals surface area contributed by atoms with Crippen LogP contribution in [-0.2, 0) is 0 Å². The summed E-state index contributed by atoms with van der Waals surface area (Å²) in [6, 6.07) is 12.3. The van der Waals surface area contributed by atoms with Gasteiger partial charge in [-0.3, -0.25) is 25.8 Å². The fraction of sp³-hybridized carbons (Fsp3) is 0. The minimum atomic E-state index is -0.485. The van der Waals surface area contributed by atoms with Gasteiger partial charge >= 0.3 is 0 Å². The van der Waals surface area contributed by atoms with E-state index in [0.29, 0.717) is 22.5 Å². The number of rotatable bonds is 5. The molecule has 0 aliphatic carbocycles. The quantitative estimate of drug-likeness (QED) is 0.444. The van der Waals surface area contributed by atoms with E-state index in [4.69, 9.17) is 5.73 Å². The van der Waals surface area contributed by atoms with Crippen LogP contribution < -0.4 is 16.6 Å². The fourth-order valence-corrected chi connectivity index (χ4v) is 1.74. The predicted molar refractivity (Wildman–Crippen MR) is 83.6 cm³/mol. The van der Waals surface area contributed by atoms with Crippen LogP contribution in [0.3, 0.4) is 0 Å². The standard InChI is InChI=1S/C15H14N4O3/c1-10(11-5-7-14(8-6-11)19(21)22)17-18-15(20)12-3-2-4-13(16)9-12/h2-9,17H,1,16H2,(H,18,20). The second kappa shape index (κ2) is 6.40. The normalized spacial score (nSPS) is 9.82. The molecule has 0 atom stereocenters. The number of anilines is 1. The Morgan fingerprint density at radius 2 is 1.77 bits per heavy atom. The van der Waals surface area contributed by atoms with Crippen molar-refractivity contribution in [1.29, 1.82) is 0 Å². The largest absolute Gasteiger partial charge is 0.399 e. The van der Waals surface area contributed by atoms with Gasteiger partial charge in [0.25, 0.3) is 11.6 Å². The first kappa shape index (κ1) is 15.0. The van der Waals surface area contributed by atoms with Gasteiger partial charge in [-0.15, -0.1) is 0 Å². The van der Waals surface area contributed by atoms with Crippen molar-refractivity contribution in [3.8, 4) is 0 Å². The molecule has 22 heavy (non-hydrogen) atoms. The van der Waals surface area contributed by atoms with Gasteiger partial charge < -0.3 is 5.73 Å². The molecule has 1 amide bonds. The molecule has 0 bridgehead atoms. The summed E-state index contributed by atoms with van der Waals surface area (Å²) in [7, 11) is 0. The highest BCUT2D eigenvalue weighted by atomic mass is 16.6. The van der Waals surface area contributed by atoms with Crippen LogP contribution in [0.5, 0.6) is 0 Å². The van der Waals surface area contributed by atoms with E-state index < -0.39 is 4.92 Å². The maximum absolute atomic E-state index is 11.9. The summed E-state index contributed by atoms with van der Waals surface area (Å²) in [6.45, 7) is 3.76. The smallest absolute Gasteiger partial charge is 0.269 e. The van der Waals surface area contributed by atoms with Crippen molar-refractivity contribution in [2.45, 2.75) is 0 Å². The Labute approximate surface area is 126 Å². The first-order chi connectivity index (χ1) is 10.5. The average Bonchev–Trinajstić information content (AvgIpc) is 2.52. The summed E-state index contributed by atoms with van der Waals surface area (Å²) in [5.74, 6) is -0.365. The second-order valence-electron chi connectivity index (χ2n) is 4.49. The lowest BCUT2D eigenvalue weighted by molar-refractivity contribution is -0.384. The zero-order chi connectivity index (χ0) is 16.1. The number of nitro benzene ring substituents is 1. The van der Waals surface area contributed by atoms with Crippen LogP contribution in [0.4, 0.5) is 11.4 Å². The van der Waals surface area contributed by atoms with Crippen molar-refractivity contribution in [1.82, 2.24) is 10.9 Å². The summed E-state index contributed by atoms with van der Waals surface area (Å²) in [5.41, 5.74) is 12.7. The zero-order valence-electron chi connectivity index (χ0n) is 11.6. The number of non-ortho nitro benzene ring substituents is 1. The second-order valence-corrected chi connectivity index (χ2v) is 4.49. The van der Waals surface area contributed by atoms with Crippen molar-refractivity contribution >= 4 is 23.0 Å². The summed E-state index contributed by atoms with van der Waals surface area (Å²) in [4.78, 5) is 22.0. The molecule has 0 aromatic heterocycles. The van der Waals surface area contributed by atoms with E-state index in [1.807, 2.05) is 0 Å². The van der Waals surface area contributed by atoms with Crippen LogP contribution in [0.2, 0.25) is 0 Å². The number of carbonyl (C=O) groups is 1. The maximum Gasteiger partial charge on any atom is 0.269 e. The van der Waals surface area contributed by atoms with E-state index in [-0.39, 0.29) is 11.6 Å². The first-order valence-electron chi connectivity index (χ1n) is 6.33. The Balaban J connectivity index is 1.97. The Hall–Kier alpha value is -3.35. The molecular weight excluding hydrogens is 284 g/mol. The molecular formula is C15H14N4O3. The number of amides is 1. The third-order valence-electron chi connectivity index (χ3n) is 2.90. The van der Waals surface area contributed by atoms with E-state index >= 15 is 0 Å². The van der Waals surface area contributed by atoms with E-state index in [1.54, 1.807) is 36.4 Å². The number of nitrogens with one attached hydrogen (secondary N) is 2. The minimum absolute atomic E-state index is 0.0136. The molecule has 2 aromatic carbocycles. The van der Waals surface area contributed by atoms with Gasteiger partial charge in [0.15, 0.2) is 0 Å². The number of nitro groups is 1. The number of carbonyl (C=O) groups excluding carboxylic acids is 1. The van der Waals surface area contributed by atoms with Gasteiger partial charge in [0.05, 0.1) is 10.6 Å². The number of benzene rings is 2. The van der Waals surface area contributed by atoms with E-state index in [1.165, 1.54) is 12.1 Å². The lowest BCUT2D eigenvalue weighted by Crippen LogP contribution is -2.35. The SMILES string of the molecule is C=C(NNC(=O)c1cccc(N)c1)c1ccc([N+](=O)[O-])cc1. The number of nitrogens with zero attached hydrogens (tertiary/aromatic N) is 1. The van der Waals surface area contributed by atoms with Crippen LogP contribution in [0.1, 0.15) is 15.9 Å². The number of hydrogen-bond acceptors (Lipinski definition) is 5. The fourth-order valence-electron chi connectivity index (χ4n) is 1.74. The van der Waals surface area contributed by atoms with Crippen LogP contribution >= 0.6 is 0 Å². The van der Waals surface area contributed by atoms with Gasteiger partial charge in [-0.25, -0.2) is 0 Å². The summed E-state index contributed by atoms with van der Waals surface area (Å²) >= 11 is 0. The monoisotopic (exact) mass is 298 g/mol. The zero-order valence-corrected chi connectivity index (χ0v) is 11.6. The highest BCUT2D eigenvalue weighted by Crippen LogP contribution is 2.15. The highest BCUT2D eigenvalue weighted by molar-refractivity contribution is 5.95. The van der Waals surface area contributed by atoms with Crippen LogP contribution in [0.15, 0.2) is 55.1 Å². The van der Waals surface area contributed by atoms with Gasteiger partial charge in [0, 0.05) is 23.4 Å². The maximum atomic E-state index is 11.9. The number of hydrogen-bond donors (Lipinski definition) is 3. The Morgan fingerprint density at radius 1 is 1.09 bits per heavy atom. The third-order valence-corrected chi connectivity index (χ3v) is 2.90. The summed E-state index contributed by atoms with van der Waals surface area (Å²) in [5, 5.41) is 10.6. The molecule has 7 nitrogen and oxygen atoms in total. The first-order valence-corrected chi connectivity index (χ1v) is 6.33. The number of hydrazine groups is 1. The van der Waals surface area contributed by atoms with Gasteiger partial charge in [0.1, 0.15) is 0 Å². The number of nitrogens with two attached hydrogens (primary N) is 1. The third kappa shape index (κ3) is 3.60. The molecule has 4 N–H and O–H groups in total. The molecule has 112 valence electrons. The van der Waals surface area contributed by atoms with E-state index in [0.717, 1.165) is 0 Å². The Kier molecular flexibility index (Phi) is 4.38. The van der Waals surface area contributed by atoms with E-state index in [9.17, 15) is 14.9 Å². The lowest BCUT2D eigenvalue weighted by atomic mass is 10.1. The minimum Gasteiger partial charge on any atom is -0.399 e. The Morgan fingerprint density at radius 3 is 2.36 bits per heavy atom. The van der Waals surface area contributed by atoms with Gasteiger partial charge in [0.2, 0.25) is 0 Å². The van der Waals surface area contributed by atoms with Crippen LogP contribution in [-0.4, -0.2) is 10.8 Å². The molecule has 0 radical (unpaired) electrons. The predicted octanol–water partition coefficient (Wildman–Crippen LogP) is 2.08. The van der Waals surface area contributed by atoms with Crippen molar-refractivity contribution in [2.24, 2.45) is 0 Å². The Bertz CT molecular complexity index is 726. The molecule has 2 rings (SSSR count). The van der Waals surface area contributed by atoms with Gasteiger partial charge in [-0.1, -0.05) is 12.6 Å². The molecule has 0 aliphatic rings. The topological polar surface area (TPSA) is 110 Å². The molecule has 0 heterocycles. The molecule has 0 saturated heterocycles. The molecule has 0 aliphatic heterocycles. The summed E-state index contributed by atoms with van der Waals surface area (Å²) in [6.07, 6.45) is 0. The molecule has 0 fully saturated rings. The highest BCUT2D eigenvalue weighted by Gasteiger charge is 2.08. The van der Waals surface area contributed by atoms with Crippen molar-refractivity contribution < 1.29 is 9.72 Å². The van der Waals surface area contributed by atoms with Crippen molar-refractivity contribution in [3.05, 3.63) is 76.4 Å². The lowest BCUT2D eigenvalue weighted by Gasteiger charge is -2.11. The van der Waals surface area contributed by atoms with Gasteiger partial charge in [-0.2, -0.15) is 0 Å². The molecule has 7 heteroatoms. The van der Waals surface area contributed by atoms with Crippen LogP contribution in [0.25, 0.3) is 5.70 Å². The van der Waals surface area contributed by atoms with Crippen LogP contribution in [0, 0.1) is 10.1 Å². The van der Waals surface area contributed by atoms with E-state index in [2.05, 4.69) is 17.4 Å². The molecule has 0 unspecified atom stereocenters. The average molecular weight is 298 g/mol.